The molecule has 1 aliphatic heterocycles. The summed E-state index contributed by atoms with van der Waals surface area (Å²) in [7, 11) is 1.66. The van der Waals surface area contributed by atoms with E-state index in [4.69, 9.17) is 20.9 Å². The van der Waals surface area contributed by atoms with Gasteiger partial charge in [-0.1, -0.05) is 13.8 Å². The van der Waals surface area contributed by atoms with Crippen LogP contribution in [0.2, 0.25) is 0 Å². The van der Waals surface area contributed by atoms with Crippen molar-refractivity contribution >= 4 is 18.4 Å². The van der Waals surface area contributed by atoms with E-state index in [9.17, 15) is 0 Å². The zero-order chi connectivity index (χ0) is 11.6. The Bertz CT molecular complexity index is 373. The van der Waals surface area contributed by atoms with Crippen LogP contribution in [0.1, 0.15) is 33.1 Å². The van der Waals surface area contributed by atoms with Gasteiger partial charge in [-0.15, -0.1) is 0 Å². The minimum atomic E-state index is -2.19. The summed E-state index contributed by atoms with van der Waals surface area (Å²) in [6.07, 6.45) is 3.97. The Morgan fingerprint density at radius 2 is 2.06 bits per heavy atom. The summed E-state index contributed by atoms with van der Waals surface area (Å²) in [4.78, 5) is 0. The summed E-state index contributed by atoms with van der Waals surface area (Å²) in [5.74, 6) is 1.48. The highest BCUT2D eigenvalue weighted by atomic mass is 32.5. The van der Waals surface area contributed by atoms with Crippen molar-refractivity contribution in [3.63, 3.8) is 0 Å². The first kappa shape index (κ1) is 11.6. The molecule has 0 radical (unpaired) electrons. The highest BCUT2D eigenvalue weighted by Gasteiger charge is 2.67. The third-order valence-electron chi connectivity index (χ3n) is 5.26. The van der Waals surface area contributed by atoms with Gasteiger partial charge in [0.05, 0.1) is 5.60 Å². The molecule has 1 spiro atoms. The fraction of sp³-hybridized carbons (Fsp3) is 1.00. The lowest BCUT2D eigenvalue weighted by Gasteiger charge is -2.46. The molecule has 2 saturated carbocycles. The molecule has 1 N–H and O–H groups in total. The van der Waals surface area contributed by atoms with E-state index < -0.39 is 6.64 Å². The SMILES string of the molecule is COP1(=S)NCC2(O1)C1CCC(C1)C2(C)C. The minimum Gasteiger partial charge on any atom is -0.321 e. The summed E-state index contributed by atoms with van der Waals surface area (Å²) < 4.78 is 11.7. The lowest BCUT2D eigenvalue weighted by Crippen LogP contribution is -2.52. The van der Waals surface area contributed by atoms with Crippen LogP contribution >= 0.6 is 6.64 Å². The summed E-state index contributed by atoms with van der Waals surface area (Å²) in [6, 6.07) is 0. The number of fused-ring (bicyclic) bond motifs is 3. The van der Waals surface area contributed by atoms with Gasteiger partial charge in [0, 0.05) is 13.7 Å². The predicted molar refractivity (Wildman–Crippen MR) is 67.7 cm³/mol. The first-order valence-electron chi connectivity index (χ1n) is 6.05. The van der Waals surface area contributed by atoms with Crippen molar-refractivity contribution in [3.8, 4) is 0 Å². The molecule has 2 aliphatic carbocycles. The van der Waals surface area contributed by atoms with Crippen LogP contribution in [0.25, 0.3) is 0 Å². The van der Waals surface area contributed by atoms with E-state index in [0.717, 1.165) is 12.5 Å². The van der Waals surface area contributed by atoms with E-state index in [1.54, 1.807) is 7.11 Å². The number of nitrogens with one attached hydrogen (secondary N) is 1. The molecule has 4 atom stereocenters. The maximum atomic E-state index is 6.29. The van der Waals surface area contributed by atoms with Crippen molar-refractivity contribution in [2.45, 2.75) is 38.7 Å². The average molecular weight is 261 g/mol. The second-order valence-corrected chi connectivity index (χ2v) is 9.23. The number of hydrogen-bond acceptors (Lipinski definition) is 3. The van der Waals surface area contributed by atoms with E-state index in [-0.39, 0.29) is 11.0 Å². The van der Waals surface area contributed by atoms with E-state index in [0.29, 0.717) is 5.92 Å². The van der Waals surface area contributed by atoms with Crippen molar-refractivity contribution in [2.24, 2.45) is 17.3 Å². The van der Waals surface area contributed by atoms with Crippen molar-refractivity contribution in [3.05, 3.63) is 0 Å². The molecule has 3 fully saturated rings. The van der Waals surface area contributed by atoms with Crippen LogP contribution in [0.15, 0.2) is 0 Å². The molecule has 3 nitrogen and oxygen atoms in total. The minimum absolute atomic E-state index is 0.0541. The van der Waals surface area contributed by atoms with E-state index in [1.165, 1.54) is 19.3 Å². The average Bonchev–Trinajstić information content (AvgIpc) is 2.86. The van der Waals surface area contributed by atoms with Crippen LogP contribution in [-0.4, -0.2) is 19.3 Å². The maximum Gasteiger partial charge on any atom is 0.261 e. The molecule has 92 valence electrons. The Kier molecular flexibility index (Phi) is 2.39. The van der Waals surface area contributed by atoms with Gasteiger partial charge in [-0.3, -0.25) is 0 Å². The summed E-state index contributed by atoms with van der Waals surface area (Å²) >= 11 is 5.45. The summed E-state index contributed by atoms with van der Waals surface area (Å²) in [5, 5.41) is 3.34. The zero-order valence-corrected chi connectivity index (χ0v) is 11.9. The molecule has 2 bridgehead atoms. The second-order valence-electron chi connectivity index (χ2n) is 5.92. The second kappa shape index (κ2) is 3.30. The summed E-state index contributed by atoms with van der Waals surface area (Å²) in [6.45, 7) is 3.38. The van der Waals surface area contributed by atoms with Crippen LogP contribution < -0.4 is 5.09 Å². The molecule has 5 heteroatoms. The van der Waals surface area contributed by atoms with Gasteiger partial charge in [0.2, 0.25) is 0 Å². The quantitative estimate of drug-likeness (QED) is 0.735. The van der Waals surface area contributed by atoms with Crippen molar-refractivity contribution < 1.29 is 9.05 Å². The Hall–Kier alpha value is 0.530. The fourth-order valence-corrected chi connectivity index (χ4v) is 6.26. The van der Waals surface area contributed by atoms with Gasteiger partial charge in [-0.05, 0) is 48.3 Å². The first-order chi connectivity index (χ1) is 7.44. The van der Waals surface area contributed by atoms with E-state index >= 15 is 0 Å². The van der Waals surface area contributed by atoms with Crippen LogP contribution in [-0.2, 0) is 20.9 Å². The van der Waals surface area contributed by atoms with E-state index in [1.807, 2.05) is 0 Å². The molecule has 4 unspecified atom stereocenters. The van der Waals surface area contributed by atoms with Gasteiger partial charge in [-0.25, -0.2) is 5.09 Å². The summed E-state index contributed by atoms with van der Waals surface area (Å²) in [5.41, 5.74) is 0.184. The Morgan fingerprint density at radius 3 is 2.56 bits per heavy atom. The zero-order valence-electron chi connectivity index (χ0n) is 10.2. The van der Waals surface area contributed by atoms with Crippen LogP contribution in [0.3, 0.4) is 0 Å². The molecule has 3 aliphatic rings. The van der Waals surface area contributed by atoms with Gasteiger partial charge < -0.3 is 9.05 Å². The Balaban J connectivity index is 1.98. The largest absolute Gasteiger partial charge is 0.321 e. The predicted octanol–water partition coefficient (Wildman–Crippen LogP) is 2.67. The third kappa shape index (κ3) is 1.23. The molecular weight excluding hydrogens is 241 g/mol. The topological polar surface area (TPSA) is 30.5 Å². The number of hydrogen-bond donors (Lipinski definition) is 1. The van der Waals surface area contributed by atoms with Gasteiger partial charge in [0.15, 0.2) is 0 Å². The lowest BCUT2D eigenvalue weighted by atomic mass is 9.65. The van der Waals surface area contributed by atoms with E-state index in [2.05, 4.69) is 18.9 Å². The highest BCUT2D eigenvalue weighted by molar-refractivity contribution is 8.09. The van der Waals surface area contributed by atoms with Gasteiger partial charge in [-0.2, -0.15) is 0 Å². The fourth-order valence-electron chi connectivity index (χ4n) is 4.09. The van der Waals surface area contributed by atoms with Gasteiger partial charge >= 0.3 is 0 Å². The van der Waals surface area contributed by atoms with Crippen molar-refractivity contribution in [1.29, 1.82) is 0 Å². The van der Waals surface area contributed by atoms with Crippen molar-refractivity contribution in [1.82, 2.24) is 5.09 Å². The smallest absolute Gasteiger partial charge is 0.261 e. The molecule has 1 heterocycles. The standard InChI is InChI=1S/C11H20NO2PS/c1-10(2)8-4-5-9(6-8)11(10)7-12-15(16,13-3)14-11/h8-9H,4-7H2,1-3H3,(H,12,16). The molecule has 0 aromatic rings. The lowest BCUT2D eigenvalue weighted by molar-refractivity contribution is -0.0611. The normalized spacial score (nSPS) is 53.9. The highest BCUT2D eigenvalue weighted by Crippen LogP contribution is 2.69. The Labute approximate surface area is 102 Å². The molecule has 16 heavy (non-hydrogen) atoms. The van der Waals surface area contributed by atoms with Crippen LogP contribution in [0.5, 0.6) is 0 Å². The molecule has 0 aromatic heterocycles. The van der Waals surface area contributed by atoms with Gasteiger partial charge in [0.25, 0.3) is 6.64 Å². The monoisotopic (exact) mass is 261 g/mol. The Morgan fingerprint density at radius 1 is 1.38 bits per heavy atom. The third-order valence-corrected chi connectivity index (χ3v) is 7.91. The first-order valence-corrected chi connectivity index (χ1v) is 8.69. The number of rotatable bonds is 1. The van der Waals surface area contributed by atoms with Gasteiger partial charge in [0.1, 0.15) is 0 Å². The molecule has 3 rings (SSSR count). The molecular formula is C11H20NO2PS. The van der Waals surface area contributed by atoms with Crippen LogP contribution in [0.4, 0.5) is 0 Å². The van der Waals surface area contributed by atoms with Crippen molar-refractivity contribution in [2.75, 3.05) is 13.7 Å². The maximum absolute atomic E-state index is 6.29. The molecule has 1 saturated heterocycles. The van der Waals surface area contributed by atoms with Crippen LogP contribution in [0, 0.1) is 17.3 Å². The molecule has 0 amide bonds. The molecule has 0 aromatic carbocycles.